The van der Waals surface area contributed by atoms with Gasteiger partial charge in [-0.2, -0.15) is 0 Å². The summed E-state index contributed by atoms with van der Waals surface area (Å²) in [5, 5.41) is 8.26. The highest BCUT2D eigenvalue weighted by Crippen LogP contribution is 2.22. The highest BCUT2D eigenvalue weighted by molar-refractivity contribution is 6.05. The molecule has 0 saturated heterocycles. The van der Waals surface area contributed by atoms with Gasteiger partial charge < -0.3 is 25.4 Å². The van der Waals surface area contributed by atoms with Gasteiger partial charge in [-0.05, 0) is 61.0 Å². The molecule has 33 heavy (non-hydrogen) atoms. The van der Waals surface area contributed by atoms with Crippen LogP contribution in [-0.4, -0.2) is 31.4 Å². The largest absolute Gasteiger partial charge is 0.497 e. The SMILES string of the molecule is COc1cccc(NC(=O)COc2ccc(C(=O)Nc3cc(NC(C)=O)ccc3C)cc2)c1. The van der Waals surface area contributed by atoms with E-state index in [1.165, 1.54) is 6.92 Å². The van der Waals surface area contributed by atoms with Gasteiger partial charge in [0.1, 0.15) is 11.5 Å². The second kappa shape index (κ2) is 10.8. The maximum absolute atomic E-state index is 12.6. The summed E-state index contributed by atoms with van der Waals surface area (Å²) in [6, 6.07) is 18.8. The molecule has 3 amide bonds. The van der Waals surface area contributed by atoms with E-state index in [-0.39, 0.29) is 24.3 Å². The molecule has 170 valence electrons. The highest BCUT2D eigenvalue weighted by Gasteiger charge is 2.10. The molecule has 0 aliphatic rings. The van der Waals surface area contributed by atoms with Gasteiger partial charge in [0, 0.05) is 35.6 Å². The summed E-state index contributed by atoms with van der Waals surface area (Å²) in [7, 11) is 1.55. The summed E-state index contributed by atoms with van der Waals surface area (Å²) in [6.45, 7) is 3.10. The summed E-state index contributed by atoms with van der Waals surface area (Å²) in [5.74, 6) is 0.277. The van der Waals surface area contributed by atoms with Crippen LogP contribution >= 0.6 is 0 Å². The Balaban J connectivity index is 1.55. The van der Waals surface area contributed by atoms with Gasteiger partial charge in [-0.15, -0.1) is 0 Å². The minimum atomic E-state index is -0.320. The first-order valence-electron chi connectivity index (χ1n) is 10.2. The lowest BCUT2D eigenvalue weighted by molar-refractivity contribution is -0.118. The van der Waals surface area contributed by atoms with Gasteiger partial charge in [0.25, 0.3) is 11.8 Å². The zero-order valence-electron chi connectivity index (χ0n) is 18.6. The summed E-state index contributed by atoms with van der Waals surface area (Å²) in [6.07, 6.45) is 0. The third-order valence-corrected chi connectivity index (χ3v) is 4.65. The fourth-order valence-electron chi connectivity index (χ4n) is 2.98. The van der Waals surface area contributed by atoms with Crippen LogP contribution in [0.2, 0.25) is 0 Å². The Kier molecular flexibility index (Phi) is 7.64. The standard InChI is InChI=1S/C25H25N3O5/c1-16-7-10-20(26-17(2)29)14-23(16)28-25(31)18-8-11-21(12-9-18)33-15-24(30)27-19-5-4-6-22(13-19)32-3/h4-14H,15H2,1-3H3,(H,26,29)(H,27,30)(H,28,31). The number of carbonyl (C=O) groups excluding carboxylic acids is 3. The lowest BCUT2D eigenvalue weighted by Gasteiger charge is -2.12. The van der Waals surface area contributed by atoms with Gasteiger partial charge in [0.05, 0.1) is 7.11 Å². The molecule has 0 unspecified atom stereocenters. The molecular weight excluding hydrogens is 422 g/mol. The molecule has 0 atom stereocenters. The number of nitrogens with one attached hydrogen (secondary N) is 3. The first-order chi connectivity index (χ1) is 15.8. The van der Waals surface area contributed by atoms with E-state index in [0.29, 0.717) is 34.1 Å². The summed E-state index contributed by atoms with van der Waals surface area (Å²) < 4.78 is 10.6. The third kappa shape index (κ3) is 6.83. The van der Waals surface area contributed by atoms with Crippen molar-refractivity contribution in [2.24, 2.45) is 0 Å². The fourth-order valence-corrected chi connectivity index (χ4v) is 2.98. The molecule has 3 rings (SSSR count). The Labute approximate surface area is 191 Å². The minimum absolute atomic E-state index is 0.183. The monoisotopic (exact) mass is 447 g/mol. The van der Waals surface area contributed by atoms with E-state index < -0.39 is 0 Å². The fraction of sp³-hybridized carbons (Fsp3) is 0.160. The number of carbonyl (C=O) groups is 3. The van der Waals surface area contributed by atoms with Crippen LogP contribution in [0.3, 0.4) is 0 Å². The van der Waals surface area contributed by atoms with Crippen LogP contribution < -0.4 is 25.4 Å². The lowest BCUT2D eigenvalue weighted by Crippen LogP contribution is -2.20. The number of amides is 3. The Morgan fingerprint density at radius 2 is 1.55 bits per heavy atom. The second-order valence-electron chi connectivity index (χ2n) is 7.26. The number of anilines is 3. The topological polar surface area (TPSA) is 106 Å². The van der Waals surface area contributed by atoms with Crippen LogP contribution in [0.15, 0.2) is 66.7 Å². The van der Waals surface area contributed by atoms with Gasteiger partial charge in [-0.3, -0.25) is 14.4 Å². The third-order valence-electron chi connectivity index (χ3n) is 4.65. The normalized spacial score (nSPS) is 10.2. The zero-order valence-corrected chi connectivity index (χ0v) is 18.6. The van der Waals surface area contributed by atoms with Crippen molar-refractivity contribution in [3.8, 4) is 11.5 Å². The molecule has 0 aliphatic heterocycles. The maximum Gasteiger partial charge on any atom is 0.262 e. The van der Waals surface area contributed by atoms with Crippen molar-refractivity contribution in [1.82, 2.24) is 0 Å². The van der Waals surface area contributed by atoms with Crippen LogP contribution in [0, 0.1) is 6.92 Å². The van der Waals surface area contributed by atoms with E-state index in [2.05, 4.69) is 16.0 Å². The van der Waals surface area contributed by atoms with Crippen molar-refractivity contribution in [3.63, 3.8) is 0 Å². The smallest absolute Gasteiger partial charge is 0.262 e. The van der Waals surface area contributed by atoms with Crippen LogP contribution in [0.1, 0.15) is 22.8 Å². The van der Waals surface area contributed by atoms with Gasteiger partial charge in [0.15, 0.2) is 6.61 Å². The Morgan fingerprint density at radius 1 is 0.818 bits per heavy atom. The molecule has 0 fully saturated rings. The molecule has 0 heterocycles. The van der Waals surface area contributed by atoms with E-state index >= 15 is 0 Å². The van der Waals surface area contributed by atoms with E-state index in [4.69, 9.17) is 9.47 Å². The molecule has 0 saturated carbocycles. The van der Waals surface area contributed by atoms with E-state index in [1.54, 1.807) is 67.8 Å². The number of hydrogen-bond donors (Lipinski definition) is 3. The van der Waals surface area contributed by atoms with Gasteiger partial charge in [-0.1, -0.05) is 12.1 Å². The number of aryl methyl sites for hydroxylation is 1. The Bertz CT molecular complexity index is 1160. The molecule has 3 aromatic rings. The van der Waals surface area contributed by atoms with Gasteiger partial charge in [0.2, 0.25) is 5.91 Å². The minimum Gasteiger partial charge on any atom is -0.497 e. The molecule has 8 nitrogen and oxygen atoms in total. The van der Waals surface area contributed by atoms with Crippen molar-refractivity contribution in [2.75, 3.05) is 29.7 Å². The van der Waals surface area contributed by atoms with Crippen LogP contribution in [0.4, 0.5) is 17.1 Å². The Hall–Kier alpha value is -4.33. The average Bonchev–Trinajstić information content (AvgIpc) is 2.80. The molecule has 0 aromatic heterocycles. The number of rotatable bonds is 8. The summed E-state index contributed by atoms with van der Waals surface area (Å²) in [5.41, 5.74) is 3.08. The van der Waals surface area contributed by atoms with E-state index in [0.717, 1.165) is 5.56 Å². The zero-order chi connectivity index (χ0) is 23.8. The van der Waals surface area contributed by atoms with Gasteiger partial charge in [-0.25, -0.2) is 0 Å². The number of benzene rings is 3. The highest BCUT2D eigenvalue weighted by atomic mass is 16.5. The first-order valence-corrected chi connectivity index (χ1v) is 10.2. The van der Waals surface area contributed by atoms with Crippen LogP contribution in [0.25, 0.3) is 0 Å². The molecule has 0 spiro atoms. The molecule has 0 aliphatic carbocycles. The quantitative estimate of drug-likeness (QED) is 0.479. The van der Waals surface area contributed by atoms with E-state index in [9.17, 15) is 14.4 Å². The maximum atomic E-state index is 12.6. The molecule has 3 N–H and O–H groups in total. The van der Waals surface area contributed by atoms with Gasteiger partial charge >= 0.3 is 0 Å². The van der Waals surface area contributed by atoms with Crippen LogP contribution in [-0.2, 0) is 9.59 Å². The molecule has 3 aromatic carbocycles. The van der Waals surface area contributed by atoms with Crippen molar-refractivity contribution in [1.29, 1.82) is 0 Å². The second-order valence-corrected chi connectivity index (χ2v) is 7.26. The van der Waals surface area contributed by atoms with Crippen molar-refractivity contribution < 1.29 is 23.9 Å². The predicted octanol–water partition coefficient (Wildman–Crippen LogP) is 4.23. The number of hydrogen-bond acceptors (Lipinski definition) is 5. The van der Waals surface area contributed by atoms with Crippen molar-refractivity contribution >= 4 is 34.8 Å². The molecule has 0 radical (unpaired) electrons. The molecule has 8 heteroatoms. The lowest BCUT2D eigenvalue weighted by atomic mass is 10.1. The first kappa shape index (κ1) is 23.3. The molecular formula is C25H25N3O5. The average molecular weight is 447 g/mol. The summed E-state index contributed by atoms with van der Waals surface area (Å²) in [4.78, 5) is 36.0. The Morgan fingerprint density at radius 3 is 2.24 bits per heavy atom. The van der Waals surface area contributed by atoms with Crippen molar-refractivity contribution in [2.45, 2.75) is 13.8 Å². The van der Waals surface area contributed by atoms with E-state index in [1.807, 2.05) is 13.0 Å². The van der Waals surface area contributed by atoms with Crippen molar-refractivity contribution in [3.05, 3.63) is 77.9 Å². The predicted molar refractivity (Wildman–Crippen MR) is 127 cm³/mol. The summed E-state index contributed by atoms with van der Waals surface area (Å²) >= 11 is 0. The number of methoxy groups -OCH3 is 1. The van der Waals surface area contributed by atoms with Crippen LogP contribution in [0.5, 0.6) is 11.5 Å². The molecule has 0 bridgehead atoms. The number of ether oxygens (including phenoxy) is 2.